The van der Waals surface area contributed by atoms with Crippen LogP contribution in [0.15, 0.2) is 11.3 Å². The molecule has 108 valence electrons. The summed E-state index contributed by atoms with van der Waals surface area (Å²) in [5.74, 6) is 1.67. The first-order valence-corrected chi connectivity index (χ1v) is 7.39. The third kappa shape index (κ3) is 1.82. The van der Waals surface area contributed by atoms with Crippen LogP contribution < -0.4 is 4.90 Å². The van der Waals surface area contributed by atoms with Crippen LogP contribution in [0.3, 0.4) is 0 Å². The van der Waals surface area contributed by atoms with Gasteiger partial charge in [-0.15, -0.1) is 0 Å². The first-order chi connectivity index (χ1) is 9.67. The van der Waals surface area contributed by atoms with Crippen LogP contribution in [0.5, 0.6) is 0 Å². The molecule has 3 heterocycles. The molecule has 0 spiro atoms. The highest BCUT2D eigenvalue weighted by Crippen LogP contribution is 2.31. The lowest BCUT2D eigenvalue weighted by Crippen LogP contribution is -2.51. The predicted molar refractivity (Wildman–Crippen MR) is 78.3 cm³/mol. The van der Waals surface area contributed by atoms with Gasteiger partial charge < -0.3 is 4.57 Å². The van der Waals surface area contributed by atoms with Gasteiger partial charge >= 0.3 is 6.03 Å². The van der Waals surface area contributed by atoms with Crippen molar-refractivity contribution in [2.75, 3.05) is 18.0 Å². The molecular weight excluding hydrogens is 254 g/mol. The van der Waals surface area contributed by atoms with Crippen molar-refractivity contribution in [3.63, 3.8) is 0 Å². The number of aryl methyl sites for hydroxylation is 1. The number of nitrogens with zero attached hydrogens (tertiary/aromatic N) is 5. The molecule has 1 unspecified atom stereocenters. The van der Waals surface area contributed by atoms with Gasteiger partial charge in [0.05, 0.1) is 18.9 Å². The SMILES string of the molecule is CCCN1C(=O)N2CC(C)N=C2c2ncn(CCC)c21. The van der Waals surface area contributed by atoms with Gasteiger partial charge in [0.15, 0.2) is 5.84 Å². The molecule has 2 aliphatic rings. The Morgan fingerprint density at radius 2 is 2.05 bits per heavy atom. The summed E-state index contributed by atoms with van der Waals surface area (Å²) < 4.78 is 2.08. The Morgan fingerprint density at radius 1 is 1.30 bits per heavy atom. The highest BCUT2D eigenvalue weighted by Gasteiger charge is 2.41. The van der Waals surface area contributed by atoms with Crippen LogP contribution in [0.25, 0.3) is 0 Å². The molecule has 2 aliphatic heterocycles. The topological polar surface area (TPSA) is 53.7 Å². The van der Waals surface area contributed by atoms with Gasteiger partial charge in [0.2, 0.25) is 0 Å². The molecule has 0 aliphatic carbocycles. The molecule has 6 heteroatoms. The maximum absolute atomic E-state index is 12.7. The van der Waals surface area contributed by atoms with Gasteiger partial charge in [-0.05, 0) is 19.8 Å². The van der Waals surface area contributed by atoms with E-state index in [1.54, 1.807) is 4.90 Å². The van der Waals surface area contributed by atoms with E-state index in [2.05, 4.69) is 28.4 Å². The van der Waals surface area contributed by atoms with Crippen LogP contribution in [0.1, 0.15) is 39.3 Å². The minimum Gasteiger partial charge on any atom is -0.316 e. The number of aromatic nitrogens is 2. The summed E-state index contributed by atoms with van der Waals surface area (Å²) in [6.45, 7) is 8.50. The van der Waals surface area contributed by atoms with Crippen molar-refractivity contribution in [1.29, 1.82) is 0 Å². The van der Waals surface area contributed by atoms with Crippen LogP contribution in [-0.4, -0.2) is 45.4 Å². The van der Waals surface area contributed by atoms with E-state index in [-0.39, 0.29) is 12.1 Å². The van der Waals surface area contributed by atoms with Gasteiger partial charge in [-0.1, -0.05) is 13.8 Å². The smallest absolute Gasteiger partial charge is 0.316 e. The Labute approximate surface area is 119 Å². The number of imidazole rings is 1. The number of aliphatic imine (C=N–C) groups is 1. The molecule has 2 amide bonds. The molecule has 1 aromatic rings. The third-order valence-electron chi connectivity index (χ3n) is 3.70. The lowest BCUT2D eigenvalue weighted by Gasteiger charge is -2.33. The van der Waals surface area contributed by atoms with Crippen LogP contribution in [0.4, 0.5) is 10.6 Å². The Hall–Kier alpha value is -1.85. The third-order valence-corrected chi connectivity index (χ3v) is 3.70. The van der Waals surface area contributed by atoms with Gasteiger partial charge in [0.25, 0.3) is 0 Å². The van der Waals surface area contributed by atoms with Gasteiger partial charge in [-0.25, -0.2) is 9.78 Å². The van der Waals surface area contributed by atoms with E-state index in [1.165, 1.54) is 0 Å². The van der Waals surface area contributed by atoms with Gasteiger partial charge in [-0.2, -0.15) is 0 Å². The number of hydrogen-bond acceptors (Lipinski definition) is 3. The summed E-state index contributed by atoms with van der Waals surface area (Å²) in [7, 11) is 0. The minimum atomic E-state index is 0.0419. The first kappa shape index (κ1) is 13.1. The molecule has 0 bridgehead atoms. The molecule has 0 radical (unpaired) electrons. The number of amidine groups is 1. The molecule has 6 nitrogen and oxygen atoms in total. The predicted octanol–water partition coefficient (Wildman–Crippen LogP) is 2.09. The van der Waals surface area contributed by atoms with Crippen molar-refractivity contribution >= 4 is 17.7 Å². The van der Waals surface area contributed by atoms with Crippen molar-refractivity contribution in [2.24, 2.45) is 4.99 Å². The normalized spacial score (nSPS) is 21.1. The van der Waals surface area contributed by atoms with E-state index < -0.39 is 0 Å². The molecule has 1 aromatic heterocycles. The summed E-state index contributed by atoms with van der Waals surface area (Å²) in [6, 6.07) is 0.194. The fraction of sp³-hybridized carbons (Fsp3) is 0.643. The number of amides is 2. The fourth-order valence-corrected chi connectivity index (χ4v) is 2.91. The average Bonchev–Trinajstić information content (AvgIpc) is 2.99. The number of carbonyl (C=O) groups is 1. The zero-order valence-electron chi connectivity index (χ0n) is 12.3. The number of carbonyl (C=O) groups excluding carboxylic acids is 1. The highest BCUT2D eigenvalue weighted by atomic mass is 16.2. The number of fused-ring (bicyclic) bond motifs is 3. The summed E-state index contributed by atoms with van der Waals surface area (Å²) in [5, 5.41) is 0. The summed E-state index contributed by atoms with van der Waals surface area (Å²) in [4.78, 5) is 25.4. The molecule has 1 atom stereocenters. The van der Waals surface area contributed by atoms with Crippen molar-refractivity contribution in [3.8, 4) is 0 Å². The van der Waals surface area contributed by atoms with Crippen LogP contribution in [0.2, 0.25) is 0 Å². The Balaban J connectivity index is 2.11. The van der Waals surface area contributed by atoms with Gasteiger partial charge in [0.1, 0.15) is 11.5 Å². The highest BCUT2D eigenvalue weighted by molar-refractivity contribution is 6.18. The van der Waals surface area contributed by atoms with E-state index in [4.69, 9.17) is 0 Å². The second-order valence-corrected chi connectivity index (χ2v) is 5.46. The zero-order valence-corrected chi connectivity index (χ0v) is 12.3. The van der Waals surface area contributed by atoms with E-state index in [1.807, 2.05) is 18.2 Å². The van der Waals surface area contributed by atoms with E-state index in [0.29, 0.717) is 6.54 Å². The average molecular weight is 275 g/mol. The largest absolute Gasteiger partial charge is 0.331 e. The van der Waals surface area contributed by atoms with Gasteiger partial charge in [0, 0.05) is 13.1 Å². The Bertz CT molecular complexity index is 562. The standard InChI is InChI=1S/C14H21N5O/c1-4-6-17-9-15-11-12-16-10(3)8-19(12)14(20)18(7-5-2)13(11)17/h9-10H,4-8H2,1-3H3. The van der Waals surface area contributed by atoms with E-state index in [0.717, 1.165) is 43.3 Å². The maximum Gasteiger partial charge on any atom is 0.331 e. The van der Waals surface area contributed by atoms with Crippen LogP contribution >= 0.6 is 0 Å². The molecule has 0 fully saturated rings. The lowest BCUT2D eigenvalue weighted by atomic mass is 10.2. The number of rotatable bonds is 4. The van der Waals surface area contributed by atoms with E-state index in [9.17, 15) is 4.79 Å². The summed E-state index contributed by atoms with van der Waals surface area (Å²) >= 11 is 0. The molecule has 0 saturated heterocycles. The molecular formula is C14H21N5O. The minimum absolute atomic E-state index is 0.0419. The first-order valence-electron chi connectivity index (χ1n) is 7.39. The number of urea groups is 1. The van der Waals surface area contributed by atoms with Crippen molar-refractivity contribution < 1.29 is 4.79 Å². The number of hydrogen-bond donors (Lipinski definition) is 0. The molecule has 0 saturated carbocycles. The molecule has 0 N–H and O–H groups in total. The van der Waals surface area contributed by atoms with Crippen molar-refractivity contribution in [3.05, 3.63) is 12.0 Å². The quantitative estimate of drug-likeness (QED) is 0.845. The van der Waals surface area contributed by atoms with Crippen LogP contribution in [-0.2, 0) is 6.54 Å². The molecule has 20 heavy (non-hydrogen) atoms. The molecule has 3 rings (SSSR count). The van der Waals surface area contributed by atoms with E-state index >= 15 is 0 Å². The maximum atomic E-state index is 12.7. The van der Waals surface area contributed by atoms with Crippen molar-refractivity contribution in [1.82, 2.24) is 14.5 Å². The van der Waals surface area contributed by atoms with Gasteiger partial charge in [-0.3, -0.25) is 14.8 Å². The summed E-state index contributed by atoms with van der Waals surface area (Å²) in [6.07, 6.45) is 3.78. The lowest BCUT2D eigenvalue weighted by molar-refractivity contribution is 0.227. The summed E-state index contributed by atoms with van der Waals surface area (Å²) in [5.41, 5.74) is 0.857. The number of anilines is 1. The second-order valence-electron chi connectivity index (χ2n) is 5.46. The zero-order chi connectivity index (χ0) is 14.3. The Morgan fingerprint density at radius 3 is 2.75 bits per heavy atom. The Kier molecular flexibility index (Phi) is 3.23. The van der Waals surface area contributed by atoms with Crippen LogP contribution in [0, 0.1) is 0 Å². The van der Waals surface area contributed by atoms with Crippen molar-refractivity contribution in [2.45, 2.75) is 46.2 Å². The molecule has 0 aromatic carbocycles. The second kappa shape index (κ2) is 4.92. The fourth-order valence-electron chi connectivity index (χ4n) is 2.91. The monoisotopic (exact) mass is 275 g/mol.